The number of nitrogens with two attached hydrogens (primary N) is 1. The van der Waals surface area contributed by atoms with Crippen molar-refractivity contribution in [1.29, 1.82) is 0 Å². The Hall–Kier alpha value is -3.01. The van der Waals surface area contributed by atoms with Crippen molar-refractivity contribution in [3.8, 4) is 5.75 Å². The minimum Gasteiger partial charge on any atom is -0.489 e. The number of carboxylic acid groups (broad SMARTS) is 1. The van der Waals surface area contributed by atoms with E-state index < -0.39 is 17.7 Å². The predicted molar refractivity (Wildman–Crippen MR) is 188 cm³/mol. The highest BCUT2D eigenvalue weighted by atomic mass is 16.6. The van der Waals surface area contributed by atoms with Gasteiger partial charge in [-0.1, -0.05) is 12.1 Å². The first-order chi connectivity index (χ1) is 26.0. The third kappa shape index (κ3) is 33.3. The summed E-state index contributed by atoms with van der Waals surface area (Å²) < 4.78 is 70.2. The standard InChI is InChI=1S/C35H59NO17/c36-31-3-1-2-4-33(31)52-29-27-50-25-23-48-21-19-46-17-15-44-13-11-42-9-7-41-8-10-43-12-14-45-16-18-47-20-22-49-24-26-51-28-30-53-34(38)6-5-32(37)35(39)40/h1-4H,5-30,36H2,(H,39,40). The van der Waals surface area contributed by atoms with Gasteiger partial charge in [-0.3, -0.25) is 9.59 Å². The van der Waals surface area contributed by atoms with E-state index in [1.165, 1.54) is 0 Å². The maximum Gasteiger partial charge on any atom is 0.372 e. The second-order valence-corrected chi connectivity index (χ2v) is 10.6. The van der Waals surface area contributed by atoms with Gasteiger partial charge in [-0.05, 0) is 12.1 Å². The van der Waals surface area contributed by atoms with Gasteiger partial charge in [0.05, 0.1) is 157 Å². The third-order valence-corrected chi connectivity index (χ3v) is 6.41. The van der Waals surface area contributed by atoms with Gasteiger partial charge in [-0.25, -0.2) is 4.79 Å². The van der Waals surface area contributed by atoms with Gasteiger partial charge in [-0.15, -0.1) is 0 Å². The van der Waals surface area contributed by atoms with E-state index in [0.717, 1.165) is 0 Å². The van der Waals surface area contributed by atoms with E-state index in [2.05, 4.69) is 0 Å². The fourth-order valence-electron chi connectivity index (χ4n) is 3.73. The van der Waals surface area contributed by atoms with E-state index >= 15 is 0 Å². The quantitative estimate of drug-likeness (QED) is 0.0408. The number of anilines is 1. The summed E-state index contributed by atoms with van der Waals surface area (Å²) in [5.74, 6) is -2.59. The lowest BCUT2D eigenvalue weighted by Crippen LogP contribution is -2.17. The molecule has 1 aromatic rings. The Balaban J connectivity index is 1.64. The number of carboxylic acids is 1. The zero-order valence-electron chi connectivity index (χ0n) is 30.8. The summed E-state index contributed by atoms with van der Waals surface area (Å²) in [5, 5.41) is 8.45. The van der Waals surface area contributed by atoms with Gasteiger partial charge in [0.25, 0.3) is 0 Å². The van der Waals surface area contributed by atoms with E-state index in [0.29, 0.717) is 157 Å². The number of esters is 1. The lowest BCUT2D eigenvalue weighted by atomic mass is 10.2. The Morgan fingerprint density at radius 2 is 0.736 bits per heavy atom. The van der Waals surface area contributed by atoms with Crippen LogP contribution in [0.5, 0.6) is 5.75 Å². The van der Waals surface area contributed by atoms with E-state index in [-0.39, 0.29) is 26.1 Å². The zero-order valence-corrected chi connectivity index (χ0v) is 30.8. The first kappa shape index (κ1) is 48.0. The van der Waals surface area contributed by atoms with Crippen LogP contribution in [0.25, 0.3) is 0 Å². The molecule has 0 bridgehead atoms. The maximum atomic E-state index is 11.4. The first-order valence-electron chi connectivity index (χ1n) is 17.7. The van der Waals surface area contributed by atoms with E-state index in [4.69, 9.17) is 72.4 Å². The number of hydrogen-bond acceptors (Lipinski definition) is 17. The number of rotatable bonds is 41. The van der Waals surface area contributed by atoms with Crippen molar-refractivity contribution >= 4 is 23.4 Å². The smallest absolute Gasteiger partial charge is 0.372 e. The van der Waals surface area contributed by atoms with Gasteiger partial charge in [-0.2, -0.15) is 0 Å². The number of carbonyl (C=O) groups is 3. The number of Topliss-reactive ketones (excluding diaryl/α,β-unsaturated/α-hetero) is 1. The molecule has 0 aliphatic heterocycles. The lowest BCUT2D eigenvalue weighted by Gasteiger charge is -2.10. The fourth-order valence-corrected chi connectivity index (χ4v) is 3.73. The normalized spacial score (nSPS) is 11.2. The number of carbonyl (C=O) groups excluding carboxylic acids is 2. The van der Waals surface area contributed by atoms with E-state index in [1.807, 2.05) is 18.2 Å². The summed E-state index contributed by atoms with van der Waals surface area (Å²) in [6.07, 6.45) is -0.666. The second-order valence-electron chi connectivity index (χ2n) is 10.6. The Bertz CT molecular complexity index is 1020. The second kappa shape index (κ2) is 37.3. The minimum absolute atomic E-state index is 0.0102. The molecule has 0 amide bonds. The van der Waals surface area contributed by atoms with Crippen molar-refractivity contribution in [2.75, 3.05) is 164 Å². The van der Waals surface area contributed by atoms with Crippen LogP contribution < -0.4 is 10.5 Å². The predicted octanol–water partition coefficient (Wildman–Crippen LogP) is 0.807. The molecular weight excluding hydrogens is 706 g/mol. The Labute approximate surface area is 311 Å². The molecule has 0 saturated heterocycles. The van der Waals surface area contributed by atoms with Crippen LogP contribution in [0.3, 0.4) is 0 Å². The van der Waals surface area contributed by atoms with Gasteiger partial charge in [0.2, 0.25) is 5.78 Å². The summed E-state index contributed by atoms with van der Waals surface area (Å²) in [4.78, 5) is 32.7. The van der Waals surface area contributed by atoms with Crippen LogP contribution in [0, 0.1) is 0 Å². The number of nitrogen functional groups attached to an aromatic ring is 1. The molecular formula is C35H59NO17. The summed E-state index contributed by atoms with van der Waals surface area (Å²) in [5.41, 5.74) is 6.42. The van der Waals surface area contributed by atoms with Crippen LogP contribution >= 0.6 is 0 Å². The molecule has 0 aliphatic carbocycles. The maximum absolute atomic E-state index is 11.4. The van der Waals surface area contributed by atoms with Crippen molar-refractivity contribution in [1.82, 2.24) is 0 Å². The van der Waals surface area contributed by atoms with Gasteiger partial charge in [0.1, 0.15) is 19.0 Å². The van der Waals surface area contributed by atoms with Crippen LogP contribution in [0.15, 0.2) is 24.3 Å². The molecule has 53 heavy (non-hydrogen) atoms. The molecule has 0 heterocycles. The number of benzene rings is 1. The third-order valence-electron chi connectivity index (χ3n) is 6.41. The highest BCUT2D eigenvalue weighted by Crippen LogP contribution is 2.19. The highest BCUT2D eigenvalue weighted by molar-refractivity contribution is 6.32. The van der Waals surface area contributed by atoms with Crippen LogP contribution in [0.1, 0.15) is 12.8 Å². The Morgan fingerprint density at radius 3 is 1.06 bits per heavy atom. The molecule has 0 saturated carbocycles. The molecule has 1 rings (SSSR count). The van der Waals surface area contributed by atoms with Crippen LogP contribution in [-0.4, -0.2) is 181 Å². The number of aliphatic carboxylic acids is 1. The van der Waals surface area contributed by atoms with E-state index in [9.17, 15) is 14.4 Å². The first-order valence-corrected chi connectivity index (χ1v) is 17.7. The van der Waals surface area contributed by atoms with E-state index in [1.54, 1.807) is 6.07 Å². The molecule has 0 aromatic heterocycles. The number of hydrogen-bond donors (Lipinski definition) is 2. The Morgan fingerprint density at radius 1 is 0.434 bits per heavy atom. The molecule has 0 radical (unpaired) electrons. The number of para-hydroxylation sites is 2. The van der Waals surface area contributed by atoms with Crippen LogP contribution in [0.4, 0.5) is 5.69 Å². The summed E-state index contributed by atoms with van der Waals surface area (Å²) >= 11 is 0. The van der Waals surface area contributed by atoms with Gasteiger partial charge in [0, 0.05) is 6.42 Å². The molecule has 1 aromatic carbocycles. The van der Waals surface area contributed by atoms with Crippen molar-refractivity contribution in [3.63, 3.8) is 0 Å². The summed E-state index contributed by atoms with van der Waals surface area (Å²) in [6.45, 7) is 10.0. The topological polar surface area (TPSA) is 217 Å². The molecule has 18 heteroatoms. The molecule has 18 nitrogen and oxygen atoms in total. The molecule has 0 spiro atoms. The number of ketones is 1. The van der Waals surface area contributed by atoms with Crippen molar-refractivity contribution in [2.45, 2.75) is 12.8 Å². The monoisotopic (exact) mass is 765 g/mol. The molecule has 3 N–H and O–H groups in total. The summed E-state index contributed by atoms with van der Waals surface area (Å²) in [7, 11) is 0. The van der Waals surface area contributed by atoms with Crippen LogP contribution in [-0.2, 0) is 71.2 Å². The fraction of sp³-hybridized carbons (Fsp3) is 0.743. The number of ether oxygens (including phenoxy) is 13. The van der Waals surface area contributed by atoms with Crippen molar-refractivity contribution in [3.05, 3.63) is 24.3 Å². The molecule has 0 fully saturated rings. The average molecular weight is 766 g/mol. The van der Waals surface area contributed by atoms with Gasteiger partial charge in [0.15, 0.2) is 0 Å². The van der Waals surface area contributed by atoms with Crippen molar-refractivity contribution < 1.29 is 81.1 Å². The van der Waals surface area contributed by atoms with Gasteiger partial charge < -0.3 is 72.4 Å². The molecule has 0 atom stereocenters. The minimum atomic E-state index is -1.57. The lowest BCUT2D eigenvalue weighted by molar-refractivity contribution is -0.151. The van der Waals surface area contributed by atoms with Crippen LogP contribution in [0.2, 0.25) is 0 Å². The van der Waals surface area contributed by atoms with Gasteiger partial charge >= 0.3 is 11.9 Å². The molecule has 306 valence electrons. The average Bonchev–Trinajstić information content (AvgIpc) is 3.15. The Kier molecular flexibility index (Phi) is 33.8. The van der Waals surface area contributed by atoms with Crippen molar-refractivity contribution in [2.24, 2.45) is 0 Å². The highest BCUT2D eigenvalue weighted by Gasteiger charge is 2.14. The zero-order chi connectivity index (χ0) is 38.3. The SMILES string of the molecule is Nc1ccccc1OCCOCCOCCOCCOCCOCCOCCOCCOCCOCCOCCOCCOC(=O)CCC(=O)C(=O)O. The molecule has 0 unspecified atom stereocenters. The summed E-state index contributed by atoms with van der Waals surface area (Å²) in [6, 6.07) is 7.34. The molecule has 0 aliphatic rings. The largest absolute Gasteiger partial charge is 0.489 e.